The number of anilines is 1. The lowest BCUT2D eigenvalue weighted by Gasteiger charge is -2.37. The number of hydrogen-bond donors (Lipinski definition) is 1. The third-order valence-corrected chi connectivity index (χ3v) is 11.3. The van der Waals surface area contributed by atoms with Crippen molar-refractivity contribution in [3.05, 3.63) is 75.6 Å². The molecule has 0 aliphatic carbocycles. The fourth-order valence-corrected chi connectivity index (χ4v) is 8.09. The number of piperidine rings is 1. The van der Waals surface area contributed by atoms with E-state index in [0.29, 0.717) is 64.1 Å². The number of benzene rings is 2. The summed E-state index contributed by atoms with van der Waals surface area (Å²) in [5, 5.41) is 3.04. The maximum Gasteiger partial charge on any atom is 0.269 e. The SMILES string of the molecule is COc1cc(-c2cn(C)c(=O)c3sncc23)cc(F)c1[C@H]1CCN(c2ccc3c(c2)C(=O)N(C2(I)CCC(=O)NC2=O)C3)C1. The second-order valence-electron chi connectivity index (χ2n) is 11.4. The van der Waals surface area contributed by atoms with Crippen LogP contribution >= 0.6 is 34.1 Å². The molecule has 4 aromatic rings. The lowest BCUT2D eigenvalue weighted by Crippen LogP contribution is -2.59. The van der Waals surface area contributed by atoms with Gasteiger partial charge in [0.2, 0.25) is 5.91 Å². The van der Waals surface area contributed by atoms with E-state index >= 15 is 4.39 Å². The fourth-order valence-electron chi connectivity index (χ4n) is 6.55. The largest absolute Gasteiger partial charge is 0.496 e. The van der Waals surface area contributed by atoms with Crippen LogP contribution in [0.25, 0.3) is 21.2 Å². The summed E-state index contributed by atoms with van der Waals surface area (Å²) in [6.07, 6.45) is 4.46. The van der Waals surface area contributed by atoms with Gasteiger partial charge in [-0.2, -0.15) is 4.37 Å². The number of nitrogens with one attached hydrogen (secondary N) is 1. The number of rotatable bonds is 5. The molecule has 1 unspecified atom stereocenters. The highest BCUT2D eigenvalue weighted by atomic mass is 127. The molecule has 3 aliphatic heterocycles. The Kier molecular flexibility index (Phi) is 6.99. The van der Waals surface area contributed by atoms with E-state index in [-0.39, 0.29) is 42.0 Å². The van der Waals surface area contributed by atoms with Gasteiger partial charge in [-0.1, -0.05) is 6.07 Å². The number of imide groups is 1. The lowest BCUT2D eigenvalue weighted by atomic mass is 9.93. The lowest BCUT2D eigenvalue weighted by molar-refractivity contribution is -0.137. The minimum absolute atomic E-state index is 0.146. The first kappa shape index (κ1) is 28.9. The normalized spacial score (nSPS) is 21.7. The predicted molar refractivity (Wildman–Crippen MR) is 172 cm³/mol. The van der Waals surface area contributed by atoms with E-state index in [1.165, 1.54) is 17.7 Å². The van der Waals surface area contributed by atoms with Gasteiger partial charge in [-0.3, -0.25) is 24.5 Å². The van der Waals surface area contributed by atoms with Crippen molar-refractivity contribution in [2.24, 2.45) is 7.05 Å². The topological polar surface area (TPSA) is 114 Å². The second kappa shape index (κ2) is 10.6. The molecule has 0 spiro atoms. The third kappa shape index (κ3) is 4.50. The van der Waals surface area contributed by atoms with Gasteiger partial charge in [-0.05, 0) is 82.4 Å². The van der Waals surface area contributed by atoms with Crippen LogP contribution in [0.15, 0.2) is 47.5 Å². The first-order valence-corrected chi connectivity index (χ1v) is 16.0. The van der Waals surface area contributed by atoms with Gasteiger partial charge in [0.25, 0.3) is 17.4 Å². The first-order valence-electron chi connectivity index (χ1n) is 14.1. The fraction of sp³-hybridized carbons (Fsp3) is 0.323. The molecule has 3 amide bonds. The molecule has 2 saturated heterocycles. The Balaban J connectivity index is 1.15. The maximum absolute atomic E-state index is 15.9. The molecule has 2 aromatic carbocycles. The van der Waals surface area contributed by atoms with Crippen LogP contribution in [0.1, 0.15) is 46.7 Å². The van der Waals surface area contributed by atoms with Crippen LogP contribution in [0.3, 0.4) is 0 Å². The molecule has 13 heteroatoms. The Morgan fingerprint density at radius 2 is 1.98 bits per heavy atom. The summed E-state index contributed by atoms with van der Waals surface area (Å²) in [6, 6.07) is 9.02. The van der Waals surface area contributed by atoms with Gasteiger partial charge in [0.05, 0.1) is 7.11 Å². The van der Waals surface area contributed by atoms with Crippen LogP contribution < -0.4 is 20.5 Å². The quantitative estimate of drug-likeness (QED) is 0.141. The molecule has 7 rings (SSSR count). The number of fused-ring (bicyclic) bond motifs is 2. The molecule has 0 radical (unpaired) electrons. The Bertz CT molecular complexity index is 1960. The van der Waals surface area contributed by atoms with Gasteiger partial charge in [0.15, 0.2) is 3.55 Å². The molecule has 2 atom stereocenters. The summed E-state index contributed by atoms with van der Waals surface area (Å²) in [5.74, 6) is -1.13. The van der Waals surface area contributed by atoms with E-state index in [1.54, 1.807) is 24.3 Å². The Morgan fingerprint density at radius 1 is 1.16 bits per heavy atom. The summed E-state index contributed by atoms with van der Waals surface area (Å²) in [5.41, 5.74) is 3.86. The molecule has 226 valence electrons. The standard InChI is InChI=1S/C31H27FIN5O5S/c1-36-15-22(21-12-34-44-27(21)29(36)41)18-9-23(32)26(24(10-18)43-2)17-6-8-37(13-17)19-4-3-16-14-38(28(40)20(16)11-19)31(33)7-5-25(39)35-30(31)42/h3-4,9-12,15,17H,5-8,13-14H2,1-2H3,(H,35,39,42)/t17-,31?/m0/s1. The molecule has 44 heavy (non-hydrogen) atoms. The summed E-state index contributed by atoms with van der Waals surface area (Å²) >= 11 is 3.10. The summed E-state index contributed by atoms with van der Waals surface area (Å²) in [4.78, 5) is 54.1. The number of pyridine rings is 1. The molecule has 2 aromatic heterocycles. The number of methoxy groups -OCH3 is 1. The third-order valence-electron chi connectivity index (χ3n) is 8.89. The number of halogens is 2. The van der Waals surface area contributed by atoms with Crippen molar-refractivity contribution in [1.29, 1.82) is 0 Å². The van der Waals surface area contributed by atoms with Crippen molar-refractivity contribution in [1.82, 2.24) is 19.2 Å². The number of carbonyl (C=O) groups excluding carboxylic acids is 3. The zero-order valence-electron chi connectivity index (χ0n) is 23.9. The summed E-state index contributed by atoms with van der Waals surface area (Å²) in [6.45, 7) is 1.48. The number of alkyl halides is 1. The van der Waals surface area contributed by atoms with Gasteiger partial charge in [0.1, 0.15) is 16.3 Å². The number of ether oxygens (including phenoxy) is 1. The average molecular weight is 728 g/mol. The molecule has 3 aliphatic rings. The zero-order valence-corrected chi connectivity index (χ0v) is 26.8. The first-order chi connectivity index (χ1) is 21.1. The average Bonchev–Trinajstić information content (AvgIpc) is 3.76. The van der Waals surface area contributed by atoms with Crippen molar-refractivity contribution in [2.75, 3.05) is 25.1 Å². The van der Waals surface area contributed by atoms with Gasteiger partial charge < -0.3 is 19.1 Å². The number of aromatic nitrogens is 2. The molecule has 5 heterocycles. The molecule has 0 saturated carbocycles. The van der Waals surface area contributed by atoms with Crippen LogP contribution in [0.5, 0.6) is 5.75 Å². The highest BCUT2D eigenvalue weighted by molar-refractivity contribution is 14.1. The van der Waals surface area contributed by atoms with Crippen molar-refractivity contribution in [3.8, 4) is 16.9 Å². The number of carbonyl (C=O) groups is 3. The molecule has 0 bridgehead atoms. The van der Waals surface area contributed by atoms with Crippen molar-refractivity contribution in [3.63, 3.8) is 0 Å². The Labute approximate surface area is 269 Å². The van der Waals surface area contributed by atoms with Crippen LogP contribution in [0.4, 0.5) is 10.1 Å². The van der Waals surface area contributed by atoms with Crippen molar-refractivity contribution in [2.45, 2.75) is 35.3 Å². The maximum atomic E-state index is 15.9. The Hall–Kier alpha value is -3.85. The van der Waals surface area contributed by atoms with Crippen LogP contribution in [-0.2, 0) is 23.2 Å². The minimum Gasteiger partial charge on any atom is -0.496 e. The van der Waals surface area contributed by atoms with Gasteiger partial charge in [0, 0.05) is 79.2 Å². The highest BCUT2D eigenvalue weighted by Gasteiger charge is 2.50. The van der Waals surface area contributed by atoms with Crippen molar-refractivity contribution >= 4 is 67.6 Å². The molecular weight excluding hydrogens is 700 g/mol. The zero-order chi connectivity index (χ0) is 30.9. The number of amides is 3. The minimum atomic E-state index is -1.12. The molecular formula is C31H27FIN5O5S. The summed E-state index contributed by atoms with van der Waals surface area (Å²) < 4.78 is 26.7. The van der Waals surface area contributed by atoms with E-state index in [1.807, 2.05) is 46.9 Å². The van der Waals surface area contributed by atoms with Gasteiger partial charge in [-0.25, -0.2) is 4.39 Å². The van der Waals surface area contributed by atoms with E-state index in [0.717, 1.165) is 22.8 Å². The monoisotopic (exact) mass is 727 g/mol. The second-order valence-corrected chi connectivity index (χ2v) is 14.0. The highest BCUT2D eigenvalue weighted by Crippen LogP contribution is 2.43. The van der Waals surface area contributed by atoms with E-state index in [2.05, 4.69) is 14.6 Å². The van der Waals surface area contributed by atoms with Crippen LogP contribution in [0.2, 0.25) is 0 Å². The predicted octanol–water partition coefficient (Wildman–Crippen LogP) is 4.33. The summed E-state index contributed by atoms with van der Waals surface area (Å²) in [7, 11) is 3.19. The molecule has 10 nitrogen and oxygen atoms in total. The van der Waals surface area contributed by atoms with Crippen LogP contribution in [0, 0.1) is 5.82 Å². The van der Waals surface area contributed by atoms with Gasteiger partial charge >= 0.3 is 0 Å². The van der Waals surface area contributed by atoms with Gasteiger partial charge in [-0.15, -0.1) is 0 Å². The van der Waals surface area contributed by atoms with E-state index < -0.39 is 9.45 Å². The molecule has 1 N–H and O–H groups in total. The molecule has 2 fully saturated rings. The van der Waals surface area contributed by atoms with Crippen molar-refractivity contribution < 1.29 is 23.5 Å². The van der Waals surface area contributed by atoms with E-state index in [4.69, 9.17) is 4.74 Å². The number of nitrogens with zero attached hydrogens (tertiary/aromatic N) is 4. The van der Waals surface area contributed by atoms with Crippen LogP contribution in [-0.4, -0.2) is 55.3 Å². The van der Waals surface area contributed by atoms with E-state index in [9.17, 15) is 19.2 Å². The number of hydrogen-bond acceptors (Lipinski definition) is 8. The smallest absolute Gasteiger partial charge is 0.269 e. The number of aryl methyl sites for hydroxylation is 1. The Morgan fingerprint density at radius 3 is 2.75 bits per heavy atom.